The first-order valence-corrected chi connectivity index (χ1v) is 4.02. The van der Waals surface area contributed by atoms with Crippen LogP contribution in [0.15, 0.2) is 18.2 Å². The van der Waals surface area contributed by atoms with E-state index in [1.165, 1.54) is 5.56 Å². The molecule has 2 nitrogen and oxygen atoms in total. The first kappa shape index (κ1) is 8.61. The zero-order valence-corrected chi connectivity index (χ0v) is 7.39. The van der Waals surface area contributed by atoms with Gasteiger partial charge in [0.2, 0.25) is 0 Å². The van der Waals surface area contributed by atoms with Crippen molar-refractivity contribution < 1.29 is 0 Å². The summed E-state index contributed by atoms with van der Waals surface area (Å²) in [5, 5.41) is 11.9. The number of nitriles is 1. The second kappa shape index (κ2) is 3.77. The van der Waals surface area contributed by atoms with Gasteiger partial charge in [-0.3, -0.25) is 0 Å². The fraction of sp³-hybridized carbons (Fsp3) is 0.300. The average Bonchev–Trinajstić information content (AvgIpc) is 2.05. The minimum atomic E-state index is 0.711. The SMILES string of the molecule is CCNc1cc(C)ccc1C#N. The molecule has 0 spiro atoms. The second-order valence-electron chi connectivity index (χ2n) is 2.69. The number of aryl methyl sites for hydroxylation is 1. The lowest BCUT2D eigenvalue weighted by Crippen LogP contribution is -1.99. The molecule has 1 rings (SSSR count). The van der Waals surface area contributed by atoms with E-state index >= 15 is 0 Å². The molecule has 0 aliphatic heterocycles. The summed E-state index contributed by atoms with van der Waals surface area (Å²) in [5.41, 5.74) is 2.81. The topological polar surface area (TPSA) is 35.8 Å². The summed E-state index contributed by atoms with van der Waals surface area (Å²) < 4.78 is 0. The number of hydrogen-bond acceptors (Lipinski definition) is 2. The lowest BCUT2D eigenvalue weighted by atomic mass is 10.1. The van der Waals surface area contributed by atoms with E-state index in [1.807, 2.05) is 32.0 Å². The van der Waals surface area contributed by atoms with Gasteiger partial charge in [0, 0.05) is 6.54 Å². The van der Waals surface area contributed by atoms with Crippen LogP contribution in [0.5, 0.6) is 0 Å². The van der Waals surface area contributed by atoms with Gasteiger partial charge in [0.05, 0.1) is 11.3 Å². The smallest absolute Gasteiger partial charge is 0.101 e. The quantitative estimate of drug-likeness (QED) is 0.720. The molecule has 2 heteroatoms. The van der Waals surface area contributed by atoms with Crippen molar-refractivity contribution in [3.63, 3.8) is 0 Å². The molecule has 0 amide bonds. The number of nitrogens with one attached hydrogen (secondary N) is 1. The van der Waals surface area contributed by atoms with E-state index in [9.17, 15) is 0 Å². The van der Waals surface area contributed by atoms with E-state index in [1.54, 1.807) is 0 Å². The Morgan fingerprint density at radius 1 is 1.50 bits per heavy atom. The third kappa shape index (κ3) is 1.76. The van der Waals surface area contributed by atoms with Crippen molar-refractivity contribution in [2.24, 2.45) is 0 Å². The largest absolute Gasteiger partial charge is 0.384 e. The van der Waals surface area contributed by atoms with E-state index in [0.29, 0.717) is 5.56 Å². The van der Waals surface area contributed by atoms with E-state index in [2.05, 4.69) is 11.4 Å². The van der Waals surface area contributed by atoms with E-state index in [0.717, 1.165) is 12.2 Å². The summed E-state index contributed by atoms with van der Waals surface area (Å²) >= 11 is 0. The van der Waals surface area contributed by atoms with Gasteiger partial charge in [0.1, 0.15) is 6.07 Å². The van der Waals surface area contributed by atoms with Gasteiger partial charge < -0.3 is 5.32 Å². The maximum absolute atomic E-state index is 8.75. The molecule has 0 saturated carbocycles. The standard InChI is InChI=1S/C10H12N2/c1-3-12-10-6-8(2)4-5-9(10)7-11/h4-6,12H,3H2,1-2H3. The highest BCUT2D eigenvalue weighted by molar-refractivity contribution is 5.58. The highest BCUT2D eigenvalue weighted by Crippen LogP contribution is 2.15. The molecule has 0 fully saturated rings. The Morgan fingerprint density at radius 3 is 2.83 bits per heavy atom. The van der Waals surface area contributed by atoms with Gasteiger partial charge in [0.25, 0.3) is 0 Å². The molecular weight excluding hydrogens is 148 g/mol. The number of benzene rings is 1. The van der Waals surface area contributed by atoms with Crippen molar-refractivity contribution in [3.05, 3.63) is 29.3 Å². The second-order valence-corrected chi connectivity index (χ2v) is 2.69. The van der Waals surface area contributed by atoms with Crippen LogP contribution >= 0.6 is 0 Å². The average molecular weight is 160 g/mol. The minimum absolute atomic E-state index is 0.711. The summed E-state index contributed by atoms with van der Waals surface area (Å²) in [5.74, 6) is 0. The highest BCUT2D eigenvalue weighted by Gasteiger charge is 1.98. The molecule has 0 aliphatic rings. The van der Waals surface area contributed by atoms with Crippen LogP contribution in [0.2, 0.25) is 0 Å². The molecule has 0 atom stereocenters. The Morgan fingerprint density at radius 2 is 2.25 bits per heavy atom. The van der Waals surface area contributed by atoms with Crippen LogP contribution in [0, 0.1) is 18.3 Å². The van der Waals surface area contributed by atoms with Crippen LogP contribution in [0.4, 0.5) is 5.69 Å². The van der Waals surface area contributed by atoms with Crippen LogP contribution in [0.25, 0.3) is 0 Å². The van der Waals surface area contributed by atoms with Gasteiger partial charge in [-0.1, -0.05) is 6.07 Å². The molecule has 0 aliphatic carbocycles. The normalized spacial score (nSPS) is 9.08. The predicted octanol–water partition coefficient (Wildman–Crippen LogP) is 2.30. The number of rotatable bonds is 2. The third-order valence-corrected chi connectivity index (χ3v) is 1.66. The molecule has 1 aromatic carbocycles. The Bertz CT molecular complexity index is 310. The number of nitrogens with zero attached hydrogens (tertiary/aromatic N) is 1. The van der Waals surface area contributed by atoms with Gasteiger partial charge in [-0.15, -0.1) is 0 Å². The van der Waals surface area contributed by atoms with Crippen molar-refractivity contribution >= 4 is 5.69 Å². The number of hydrogen-bond donors (Lipinski definition) is 1. The Labute approximate surface area is 72.8 Å². The third-order valence-electron chi connectivity index (χ3n) is 1.66. The van der Waals surface area contributed by atoms with Crippen molar-refractivity contribution in [3.8, 4) is 6.07 Å². The molecule has 0 aromatic heterocycles. The summed E-state index contributed by atoms with van der Waals surface area (Å²) in [6, 6.07) is 7.92. The Kier molecular flexibility index (Phi) is 2.71. The fourth-order valence-corrected chi connectivity index (χ4v) is 1.09. The fourth-order valence-electron chi connectivity index (χ4n) is 1.09. The summed E-state index contributed by atoms with van der Waals surface area (Å²) in [6.07, 6.45) is 0. The van der Waals surface area contributed by atoms with Gasteiger partial charge in [-0.2, -0.15) is 5.26 Å². The maximum atomic E-state index is 8.75. The summed E-state index contributed by atoms with van der Waals surface area (Å²) in [7, 11) is 0. The number of anilines is 1. The zero-order chi connectivity index (χ0) is 8.97. The molecule has 62 valence electrons. The molecule has 1 aromatic rings. The van der Waals surface area contributed by atoms with Gasteiger partial charge in [0.15, 0.2) is 0 Å². The molecule has 0 heterocycles. The molecular formula is C10H12N2. The summed E-state index contributed by atoms with van der Waals surface area (Å²) in [6.45, 7) is 4.88. The lowest BCUT2D eigenvalue weighted by molar-refractivity contribution is 1.20. The lowest BCUT2D eigenvalue weighted by Gasteiger charge is -2.05. The van der Waals surface area contributed by atoms with Crippen LogP contribution in [0.1, 0.15) is 18.1 Å². The van der Waals surface area contributed by atoms with Crippen molar-refractivity contribution in [1.82, 2.24) is 0 Å². The molecule has 1 N–H and O–H groups in total. The van der Waals surface area contributed by atoms with Crippen molar-refractivity contribution in [1.29, 1.82) is 5.26 Å². The zero-order valence-electron chi connectivity index (χ0n) is 7.39. The maximum Gasteiger partial charge on any atom is 0.101 e. The molecule has 0 unspecified atom stereocenters. The van der Waals surface area contributed by atoms with Crippen LogP contribution < -0.4 is 5.32 Å². The van der Waals surface area contributed by atoms with E-state index in [-0.39, 0.29) is 0 Å². The molecule has 12 heavy (non-hydrogen) atoms. The Hall–Kier alpha value is -1.49. The predicted molar refractivity (Wildman–Crippen MR) is 50.1 cm³/mol. The van der Waals surface area contributed by atoms with Gasteiger partial charge in [-0.05, 0) is 31.5 Å². The van der Waals surface area contributed by atoms with Crippen LogP contribution in [0.3, 0.4) is 0 Å². The molecule has 0 saturated heterocycles. The first-order chi connectivity index (χ1) is 5.77. The summed E-state index contributed by atoms with van der Waals surface area (Å²) in [4.78, 5) is 0. The molecule has 0 bridgehead atoms. The van der Waals surface area contributed by atoms with Crippen LogP contribution in [-0.2, 0) is 0 Å². The van der Waals surface area contributed by atoms with Crippen molar-refractivity contribution in [2.45, 2.75) is 13.8 Å². The minimum Gasteiger partial charge on any atom is -0.384 e. The van der Waals surface area contributed by atoms with Crippen molar-refractivity contribution in [2.75, 3.05) is 11.9 Å². The first-order valence-electron chi connectivity index (χ1n) is 4.02. The monoisotopic (exact) mass is 160 g/mol. The van der Waals surface area contributed by atoms with E-state index < -0.39 is 0 Å². The van der Waals surface area contributed by atoms with Gasteiger partial charge >= 0.3 is 0 Å². The van der Waals surface area contributed by atoms with Gasteiger partial charge in [-0.25, -0.2) is 0 Å². The van der Waals surface area contributed by atoms with Crippen LogP contribution in [-0.4, -0.2) is 6.54 Å². The highest BCUT2D eigenvalue weighted by atomic mass is 14.9. The molecule has 0 radical (unpaired) electrons. The Balaban J connectivity index is 3.06. The van der Waals surface area contributed by atoms with E-state index in [4.69, 9.17) is 5.26 Å².